The third-order valence-corrected chi connectivity index (χ3v) is 3.87. The highest BCUT2D eigenvalue weighted by atomic mass is 16.4. The molecule has 0 aliphatic heterocycles. The van der Waals surface area contributed by atoms with Gasteiger partial charge in [-0.1, -0.05) is 11.6 Å². The molecule has 0 unspecified atom stereocenters. The Balaban J connectivity index is 1.81. The maximum atomic E-state index is 12.5. The lowest BCUT2D eigenvalue weighted by atomic mass is 10.1. The number of phenols is 1. The van der Waals surface area contributed by atoms with E-state index in [-0.39, 0.29) is 28.0 Å². The van der Waals surface area contributed by atoms with Crippen LogP contribution in [0.4, 0.5) is 5.69 Å². The molecule has 3 aromatic rings. The van der Waals surface area contributed by atoms with E-state index in [2.05, 4.69) is 5.32 Å². The van der Waals surface area contributed by atoms with Crippen molar-refractivity contribution < 1.29 is 24.2 Å². The summed E-state index contributed by atoms with van der Waals surface area (Å²) in [5.74, 6) is -2.17. The van der Waals surface area contributed by atoms with Crippen LogP contribution in [-0.4, -0.2) is 22.1 Å². The first kappa shape index (κ1) is 17.9. The molecule has 0 aliphatic rings. The first-order valence-electron chi connectivity index (χ1n) is 7.92. The van der Waals surface area contributed by atoms with Crippen LogP contribution in [0.3, 0.4) is 0 Å². The molecule has 0 radical (unpaired) electrons. The molecule has 7 nitrogen and oxygen atoms in total. The molecule has 0 fully saturated rings. The molecule has 1 heterocycles. The average molecular weight is 365 g/mol. The summed E-state index contributed by atoms with van der Waals surface area (Å²) in [4.78, 5) is 35.3. The Kier molecular flexibility index (Phi) is 4.76. The fourth-order valence-corrected chi connectivity index (χ4v) is 2.49. The summed E-state index contributed by atoms with van der Waals surface area (Å²) in [7, 11) is 0. The molecule has 27 heavy (non-hydrogen) atoms. The number of rotatable bonds is 4. The Bertz CT molecular complexity index is 1140. The predicted molar refractivity (Wildman–Crippen MR) is 100.0 cm³/mol. The van der Waals surface area contributed by atoms with Gasteiger partial charge < -0.3 is 19.9 Å². The van der Waals surface area contributed by atoms with E-state index >= 15 is 0 Å². The number of aromatic hydroxyl groups is 1. The summed E-state index contributed by atoms with van der Waals surface area (Å²) in [6, 6.07) is 8.80. The van der Waals surface area contributed by atoms with Gasteiger partial charge in [-0.2, -0.15) is 0 Å². The Labute approximate surface area is 153 Å². The first-order chi connectivity index (χ1) is 12.8. The fraction of sp³-hybridized carbons (Fsp3) is 0.0500. The van der Waals surface area contributed by atoms with Gasteiger partial charge in [0.15, 0.2) is 5.43 Å². The van der Waals surface area contributed by atoms with Gasteiger partial charge in [-0.3, -0.25) is 9.59 Å². The lowest BCUT2D eigenvalue weighted by molar-refractivity contribution is -0.111. The molecule has 2 aromatic carbocycles. The van der Waals surface area contributed by atoms with E-state index < -0.39 is 11.9 Å². The number of hydrogen-bond donors (Lipinski definition) is 3. The van der Waals surface area contributed by atoms with Gasteiger partial charge in [0.2, 0.25) is 5.91 Å². The van der Waals surface area contributed by atoms with Gasteiger partial charge in [-0.25, -0.2) is 4.79 Å². The zero-order valence-electron chi connectivity index (χ0n) is 14.2. The monoisotopic (exact) mass is 365 g/mol. The molecule has 0 spiro atoms. The number of benzene rings is 2. The van der Waals surface area contributed by atoms with Crippen molar-refractivity contribution in [3.05, 3.63) is 75.7 Å². The summed E-state index contributed by atoms with van der Waals surface area (Å²) in [5, 5.41) is 21.5. The third-order valence-electron chi connectivity index (χ3n) is 3.87. The number of hydrogen-bond acceptors (Lipinski definition) is 5. The molecule has 0 aliphatic carbocycles. The minimum absolute atomic E-state index is 0.0517. The predicted octanol–water partition coefficient (Wildman–Crippen LogP) is 3.16. The smallest absolute Gasteiger partial charge is 0.335 e. The fourth-order valence-electron chi connectivity index (χ4n) is 2.49. The van der Waals surface area contributed by atoms with Crippen LogP contribution in [0.5, 0.6) is 5.75 Å². The Hall–Kier alpha value is -3.87. The highest BCUT2D eigenvalue weighted by Gasteiger charge is 2.10. The molecule has 1 amide bonds. The molecule has 0 saturated heterocycles. The number of aryl methyl sites for hydroxylation is 1. The Morgan fingerprint density at radius 1 is 1.15 bits per heavy atom. The van der Waals surface area contributed by atoms with E-state index in [1.54, 1.807) is 12.1 Å². The number of nitrogens with one attached hydrogen (secondary N) is 1. The molecular weight excluding hydrogens is 350 g/mol. The normalized spacial score (nSPS) is 11.0. The van der Waals surface area contributed by atoms with Crippen LogP contribution < -0.4 is 10.7 Å². The van der Waals surface area contributed by atoms with E-state index in [0.717, 1.165) is 17.7 Å². The van der Waals surface area contributed by atoms with Crippen molar-refractivity contribution in [1.82, 2.24) is 0 Å². The number of amides is 1. The van der Waals surface area contributed by atoms with Gasteiger partial charge >= 0.3 is 5.97 Å². The molecular formula is C20H15NO6. The second-order valence-corrected chi connectivity index (χ2v) is 5.88. The lowest BCUT2D eigenvalue weighted by Gasteiger charge is -2.06. The van der Waals surface area contributed by atoms with Crippen molar-refractivity contribution in [3.63, 3.8) is 0 Å². The van der Waals surface area contributed by atoms with Crippen molar-refractivity contribution in [2.45, 2.75) is 6.92 Å². The second kappa shape index (κ2) is 7.17. The summed E-state index contributed by atoms with van der Waals surface area (Å²) in [5.41, 5.74) is 1.25. The van der Waals surface area contributed by atoms with Crippen LogP contribution >= 0.6 is 0 Å². The molecule has 136 valence electrons. The van der Waals surface area contributed by atoms with Crippen molar-refractivity contribution in [3.8, 4) is 5.75 Å². The molecule has 0 saturated carbocycles. The summed E-state index contributed by atoms with van der Waals surface area (Å²) >= 11 is 0. The van der Waals surface area contributed by atoms with Crippen LogP contribution in [0.25, 0.3) is 17.0 Å². The number of carbonyl (C=O) groups excluding carboxylic acids is 1. The highest BCUT2D eigenvalue weighted by molar-refractivity contribution is 6.03. The summed E-state index contributed by atoms with van der Waals surface area (Å²) < 4.78 is 5.41. The third kappa shape index (κ3) is 3.87. The van der Waals surface area contributed by atoms with Crippen LogP contribution in [-0.2, 0) is 4.79 Å². The van der Waals surface area contributed by atoms with Crippen molar-refractivity contribution in [2.75, 3.05) is 5.32 Å². The molecule has 0 bridgehead atoms. The number of carbonyl (C=O) groups is 2. The number of fused-ring (bicyclic) bond motifs is 1. The van der Waals surface area contributed by atoms with E-state index in [9.17, 15) is 19.5 Å². The minimum Gasteiger partial charge on any atom is -0.506 e. The van der Waals surface area contributed by atoms with Crippen LogP contribution in [0.2, 0.25) is 0 Å². The molecule has 0 atom stereocenters. The molecule has 1 aromatic heterocycles. The largest absolute Gasteiger partial charge is 0.506 e. The van der Waals surface area contributed by atoms with E-state index in [0.29, 0.717) is 11.0 Å². The maximum absolute atomic E-state index is 12.5. The number of carboxylic acids is 1. The molecule has 3 rings (SSSR count). The van der Waals surface area contributed by atoms with Crippen LogP contribution in [0, 0.1) is 6.92 Å². The maximum Gasteiger partial charge on any atom is 0.335 e. The van der Waals surface area contributed by atoms with Gasteiger partial charge in [0.1, 0.15) is 17.6 Å². The average Bonchev–Trinajstić information content (AvgIpc) is 2.63. The van der Waals surface area contributed by atoms with Gasteiger partial charge in [0, 0.05) is 6.08 Å². The van der Waals surface area contributed by atoms with Crippen LogP contribution in [0.15, 0.2) is 57.9 Å². The zero-order chi connectivity index (χ0) is 19.6. The van der Waals surface area contributed by atoms with Gasteiger partial charge in [0.25, 0.3) is 0 Å². The van der Waals surface area contributed by atoms with Crippen LogP contribution in [0.1, 0.15) is 21.5 Å². The zero-order valence-corrected chi connectivity index (χ0v) is 14.2. The van der Waals surface area contributed by atoms with Gasteiger partial charge in [0.05, 0.1) is 22.2 Å². The molecule has 3 N–H and O–H groups in total. The van der Waals surface area contributed by atoms with Gasteiger partial charge in [-0.05, 0) is 43.3 Å². The van der Waals surface area contributed by atoms with Crippen molar-refractivity contribution >= 4 is 34.6 Å². The van der Waals surface area contributed by atoms with Crippen molar-refractivity contribution in [1.29, 1.82) is 0 Å². The Morgan fingerprint density at radius 3 is 2.63 bits per heavy atom. The first-order valence-corrected chi connectivity index (χ1v) is 7.92. The van der Waals surface area contributed by atoms with E-state index in [1.807, 2.05) is 13.0 Å². The number of carboxylic acid groups (broad SMARTS) is 1. The van der Waals surface area contributed by atoms with Gasteiger partial charge in [-0.15, -0.1) is 0 Å². The standard InChI is InChI=1S/C20H15NO6/c1-11-2-6-17-14(8-11)19(24)13(10-27-17)4-7-18(23)21-15-5-3-12(20(25)26)9-16(15)22/h2-10,22H,1H3,(H,21,23)(H,25,26)/b7-4+. The number of anilines is 1. The lowest BCUT2D eigenvalue weighted by Crippen LogP contribution is -2.10. The van der Waals surface area contributed by atoms with E-state index in [4.69, 9.17) is 9.52 Å². The van der Waals surface area contributed by atoms with Crippen molar-refractivity contribution in [2.24, 2.45) is 0 Å². The quantitative estimate of drug-likeness (QED) is 0.483. The summed E-state index contributed by atoms with van der Waals surface area (Å²) in [6.07, 6.45) is 3.70. The highest BCUT2D eigenvalue weighted by Crippen LogP contribution is 2.24. The molecule has 7 heteroatoms. The minimum atomic E-state index is -1.19. The topological polar surface area (TPSA) is 117 Å². The summed E-state index contributed by atoms with van der Waals surface area (Å²) in [6.45, 7) is 1.86. The number of phenolic OH excluding ortho intramolecular Hbond substituents is 1. The number of aromatic carboxylic acids is 1. The van der Waals surface area contributed by atoms with E-state index in [1.165, 1.54) is 24.5 Å². The Morgan fingerprint density at radius 2 is 1.93 bits per heavy atom. The second-order valence-electron chi connectivity index (χ2n) is 5.88. The SMILES string of the molecule is Cc1ccc2occ(/C=C/C(=O)Nc3ccc(C(=O)O)cc3O)c(=O)c2c1.